The highest BCUT2D eigenvalue weighted by molar-refractivity contribution is 6.92. The smallest absolute Gasteiger partial charge is 0.0190 e. The van der Waals surface area contributed by atoms with Crippen molar-refractivity contribution in [1.29, 1.82) is 0 Å². The highest BCUT2D eigenvalue weighted by Gasteiger charge is 1.88. The zero-order valence-electron chi connectivity index (χ0n) is 6.95. The van der Waals surface area contributed by atoms with Gasteiger partial charge in [0.15, 0.2) is 0 Å². The number of hydrogen-bond acceptors (Lipinski definition) is 1. The molecule has 0 amide bonds. The fraction of sp³-hybridized carbons (Fsp3) is 0. The zero-order chi connectivity index (χ0) is 7.68. The molecule has 0 aliphatic rings. The number of fused-ring (bicyclic) bond motifs is 1. The van der Waals surface area contributed by atoms with Crippen LogP contribution in [0.3, 0.4) is 0 Å². The summed E-state index contributed by atoms with van der Waals surface area (Å²) in [5.74, 6) is 0.100. The minimum absolute atomic E-state index is 0. The van der Waals surface area contributed by atoms with Crippen molar-refractivity contribution in [3.63, 3.8) is 0 Å². The molecule has 0 aliphatic heterocycles. The first-order chi connectivity index (χ1) is 5.38. The van der Waals surface area contributed by atoms with Gasteiger partial charge in [0.05, 0.1) is 0 Å². The molecule has 0 saturated carbocycles. The minimum Gasteiger partial charge on any atom is -0.872 e. The summed E-state index contributed by atoms with van der Waals surface area (Å²) in [6.45, 7) is 0. The van der Waals surface area contributed by atoms with Crippen LogP contribution >= 0.6 is 9.90 Å². The molecular formula is C10H11OP. The second-order valence-electron chi connectivity index (χ2n) is 2.48. The van der Waals surface area contributed by atoms with Gasteiger partial charge >= 0.3 is 0 Å². The first-order valence-corrected chi connectivity index (χ1v) is 3.53. The molecule has 0 aliphatic carbocycles. The Morgan fingerprint density at radius 3 is 2.25 bits per heavy atom. The van der Waals surface area contributed by atoms with E-state index < -0.39 is 0 Å². The average molecular weight is 178 g/mol. The fourth-order valence-corrected chi connectivity index (χ4v) is 1.20. The Balaban J connectivity index is 0.000000720. The molecule has 2 rings (SSSR count). The van der Waals surface area contributed by atoms with Crippen molar-refractivity contribution >= 4 is 20.7 Å². The summed E-state index contributed by atoms with van der Waals surface area (Å²) < 4.78 is 0. The van der Waals surface area contributed by atoms with Gasteiger partial charge in [0.1, 0.15) is 0 Å². The molecule has 62 valence electrons. The summed E-state index contributed by atoms with van der Waals surface area (Å²) in [6, 6.07) is 12.9. The maximum absolute atomic E-state index is 11.2. The Hall–Kier alpha value is -1.07. The number of rotatable bonds is 0. The van der Waals surface area contributed by atoms with Gasteiger partial charge in [-0.2, -0.15) is 0 Å². The van der Waals surface area contributed by atoms with Crippen LogP contribution in [0.25, 0.3) is 10.8 Å². The normalized spacial score (nSPS) is 9.33. The van der Waals surface area contributed by atoms with E-state index in [1.54, 1.807) is 12.1 Å². The highest BCUT2D eigenvalue weighted by atomic mass is 31.0. The van der Waals surface area contributed by atoms with Gasteiger partial charge in [-0.1, -0.05) is 42.5 Å². The standard InChI is InChI=1S/C10H8O.H3P/c11-10-7-3-5-8-4-1-2-6-9(8)10;/h1-7,11H;1H3. The molecule has 1 atom stereocenters. The Morgan fingerprint density at radius 1 is 0.833 bits per heavy atom. The van der Waals surface area contributed by atoms with Crippen LogP contribution in [0.5, 0.6) is 5.75 Å². The lowest BCUT2D eigenvalue weighted by atomic mass is 10.1. The SMILES string of the molecule is [O-]c1cccc2ccccc12.[PH4+]. The van der Waals surface area contributed by atoms with Gasteiger partial charge in [0.2, 0.25) is 0 Å². The summed E-state index contributed by atoms with van der Waals surface area (Å²) in [6.07, 6.45) is 0. The third kappa shape index (κ3) is 1.41. The van der Waals surface area contributed by atoms with Crippen LogP contribution in [0.1, 0.15) is 0 Å². The van der Waals surface area contributed by atoms with Crippen molar-refractivity contribution in [1.82, 2.24) is 0 Å². The lowest BCUT2D eigenvalue weighted by Gasteiger charge is -2.08. The Labute approximate surface area is 74.7 Å². The molecule has 0 spiro atoms. The summed E-state index contributed by atoms with van der Waals surface area (Å²) >= 11 is 0. The zero-order valence-corrected chi connectivity index (χ0v) is 8.95. The first kappa shape index (κ1) is 9.02. The molecule has 0 aromatic heterocycles. The fourth-order valence-electron chi connectivity index (χ4n) is 1.20. The molecule has 2 aromatic carbocycles. The summed E-state index contributed by atoms with van der Waals surface area (Å²) in [5.41, 5.74) is 0. The molecule has 0 fully saturated rings. The van der Waals surface area contributed by atoms with E-state index in [4.69, 9.17) is 0 Å². The summed E-state index contributed by atoms with van der Waals surface area (Å²) in [4.78, 5) is 0. The van der Waals surface area contributed by atoms with Crippen LogP contribution in [-0.2, 0) is 0 Å². The van der Waals surface area contributed by atoms with Crippen LogP contribution in [0.4, 0.5) is 0 Å². The van der Waals surface area contributed by atoms with Crippen molar-refractivity contribution in [3.05, 3.63) is 42.5 Å². The molecule has 12 heavy (non-hydrogen) atoms. The van der Waals surface area contributed by atoms with Crippen LogP contribution in [0.2, 0.25) is 0 Å². The lowest BCUT2D eigenvalue weighted by molar-refractivity contribution is -0.265. The van der Waals surface area contributed by atoms with Crippen molar-refractivity contribution in [2.24, 2.45) is 0 Å². The quantitative estimate of drug-likeness (QED) is 0.563. The van der Waals surface area contributed by atoms with E-state index in [1.165, 1.54) is 0 Å². The third-order valence-electron chi connectivity index (χ3n) is 1.75. The minimum atomic E-state index is 0. The topological polar surface area (TPSA) is 23.1 Å². The van der Waals surface area contributed by atoms with E-state index in [0.717, 1.165) is 10.8 Å². The Bertz CT molecular complexity index is 379. The predicted molar refractivity (Wildman–Crippen MR) is 55.9 cm³/mol. The van der Waals surface area contributed by atoms with E-state index in [-0.39, 0.29) is 15.6 Å². The predicted octanol–water partition coefficient (Wildman–Crippen LogP) is 1.70. The average Bonchev–Trinajstić information content (AvgIpc) is 2.06. The highest BCUT2D eigenvalue weighted by Crippen LogP contribution is 2.20. The van der Waals surface area contributed by atoms with Gasteiger partial charge in [-0.3, -0.25) is 0 Å². The van der Waals surface area contributed by atoms with Gasteiger partial charge in [0.25, 0.3) is 0 Å². The Kier molecular flexibility index (Phi) is 2.67. The molecule has 1 unspecified atom stereocenters. The lowest BCUT2D eigenvalue weighted by Crippen LogP contribution is -1.89. The molecule has 0 heterocycles. The summed E-state index contributed by atoms with van der Waals surface area (Å²) in [7, 11) is 0. The second kappa shape index (κ2) is 3.55. The first-order valence-electron chi connectivity index (χ1n) is 3.53. The molecule has 0 bridgehead atoms. The van der Waals surface area contributed by atoms with E-state index in [0.29, 0.717) is 0 Å². The number of benzene rings is 2. The second-order valence-corrected chi connectivity index (χ2v) is 2.48. The van der Waals surface area contributed by atoms with Crippen molar-refractivity contribution in [3.8, 4) is 5.75 Å². The van der Waals surface area contributed by atoms with E-state index in [1.807, 2.05) is 30.3 Å². The van der Waals surface area contributed by atoms with Crippen molar-refractivity contribution in [2.75, 3.05) is 0 Å². The number of hydrogen-bond donors (Lipinski definition) is 0. The molecule has 2 heteroatoms. The van der Waals surface area contributed by atoms with E-state index in [2.05, 4.69) is 0 Å². The van der Waals surface area contributed by atoms with Crippen molar-refractivity contribution in [2.45, 2.75) is 0 Å². The third-order valence-corrected chi connectivity index (χ3v) is 1.75. The van der Waals surface area contributed by atoms with Crippen LogP contribution in [0, 0.1) is 0 Å². The maximum atomic E-state index is 11.2. The van der Waals surface area contributed by atoms with Gasteiger partial charge in [-0.25, -0.2) is 0 Å². The molecule has 0 N–H and O–H groups in total. The van der Waals surface area contributed by atoms with Crippen LogP contribution < -0.4 is 5.11 Å². The molecule has 1 nitrogen and oxygen atoms in total. The Morgan fingerprint density at radius 2 is 1.50 bits per heavy atom. The molecular weight excluding hydrogens is 167 g/mol. The maximum Gasteiger partial charge on any atom is -0.0190 e. The molecule has 0 radical (unpaired) electrons. The van der Waals surface area contributed by atoms with Gasteiger partial charge in [-0.05, 0) is 20.7 Å². The van der Waals surface area contributed by atoms with Crippen LogP contribution in [-0.4, -0.2) is 0 Å². The largest absolute Gasteiger partial charge is 0.872 e. The van der Waals surface area contributed by atoms with E-state index in [9.17, 15) is 5.11 Å². The molecule has 0 saturated heterocycles. The van der Waals surface area contributed by atoms with Gasteiger partial charge in [-0.15, -0.1) is 5.75 Å². The van der Waals surface area contributed by atoms with Gasteiger partial charge < -0.3 is 5.11 Å². The monoisotopic (exact) mass is 178 g/mol. The summed E-state index contributed by atoms with van der Waals surface area (Å²) in [5, 5.41) is 13.0. The van der Waals surface area contributed by atoms with E-state index >= 15 is 0 Å². The molecule has 2 aromatic rings. The van der Waals surface area contributed by atoms with Crippen LogP contribution in [0.15, 0.2) is 42.5 Å². The van der Waals surface area contributed by atoms with Crippen molar-refractivity contribution < 1.29 is 5.11 Å². The van der Waals surface area contributed by atoms with Gasteiger partial charge in [0, 0.05) is 0 Å².